The lowest BCUT2D eigenvalue weighted by Crippen LogP contribution is -2.27. The van der Waals surface area contributed by atoms with Gasteiger partial charge in [-0.05, 0) is 23.6 Å². The van der Waals surface area contributed by atoms with Gasteiger partial charge in [-0.2, -0.15) is 0 Å². The molecule has 1 heterocycles. The summed E-state index contributed by atoms with van der Waals surface area (Å²) < 4.78 is -0.392. The van der Waals surface area contributed by atoms with E-state index in [1.54, 1.807) is 0 Å². The zero-order valence-corrected chi connectivity index (χ0v) is 7.20. The van der Waals surface area contributed by atoms with E-state index < -0.39 is 4.75 Å². The Balaban J connectivity index is 2.30. The third kappa shape index (κ3) is 0.656. The molecule has 0 radical (unpaired) electrons. The van der Waals surface area contributed by atoms with Crippen LogP contribution in [-0.4, -0.2) is 15.9 Å². The minimum atomic E-state index is -0.392. The van der Waals surface area contributed by atoms with Crippen LogP contribution in [0.3, 0.4) is 0 Å². The quantitative estimate of drug-likeness (QED) is 0.591. The molecule has 1 N–H and O–H groups in total. The smallest absolute Gasteiger partial charge is 0.286 e. The summed E-state index contributed by atoms with van der Waals surface area (Å²) in [4.78, 5) is 22.1. The number of thioether (sulfide) groups is 1. The maximum absolute atomic E-state index is 11.2. The van der Waals surface area contributed by atoms with Crippen molar-refractivity contribution in [3.8, 4) is 0 Å². The Labute approximate surface area is 68.9 Å². The van der Waals surface area contributed by atoms with Crippen LogP contribution in [0, 0.1) is 11.8 Å². The van der Waals surface area contributed by atoms with E-state index in [1.807, 2.05) is 13.8 Å². The third-order valence-corrected chi connectivity index (χ3v) is 4.38. The van der Waals surface area contributed by atoms with Crippen molar-refractivity contribution in [2.75, 3.05) is 0 Å². The van der Waals surface area contributed by atoms with E-state index in [2.05, 4.69) is 5.32 Å². The van der Waals surface area contributed by atoms with Gasteiger partial charge in [-0.25, -0.2) is 0 Å². The van der Waals surface area contributed by atoms with Crippen molar-refractivity contribution < 1.29 is 9.59 Å². The zero-order valence-electron chi connectivity index (χ0n) is 6.38. The first-order valence-electron chi connectivity index (χ1n) is 3.63. The summed E-state index contributed by atoms with van der Waals surface area (Å²) >= 11 is 1.16. The van der Waals surface area contributed by atoms with Crippen LogP contribution in [0.4, 0.5) is 4.79 Å². The highest BCUT2D eigenvalue weighted by Crippen LogP contribution is 2.61. The molecule has 11 heavy (non-hydrogen) atoms. The average molecular weight is 171 g/mol. The van der Waals surface area contributed by atoms with Crippen LogP contribution in [0.2, 0.25) is 0 Å². The van der Waals surface area contributed by atoms with Gasteiger partial charge in [-0.15, -0.1) is 0 Å². The van der Waals surface area contributed by atoms with Crippen molar-refractivity contribution in [3.63, 3.8) is 0 Å². The molecule has 3 nitrogen and oxygen atoms in total. The number of carbonyl (C=O) groups is 2. The molecule has 1 saturated carbocycles. The second kappa shape index (κ2) is 1.80. The van der Waals surface area contributed by atoms with Gasteiger partial charge in [0.15, 0.2) is 0 Å². The van der Waals surface area contributed by atoms with E-state index in [1.165, 1.54) is 0 Å². The molecule has 1 spiro atoms. The van der Waals surface area contributed by atoms with Crippen molar-refractivity contribution in [2.45, 2.75) is 18.6 Å². The minimum Gasteiger partial charge on any atom is -0.286 e. The first-order valence-corrected chi connectivity index (χ1v) is 4.45. The van der Waals surface area contributed by atoms with Gasteiger partial charge in [0.05, 0.1) is 0 Å². The number of imide groups is 1. The molecule has 1 aliphatic heterocycles. The minimum absolute atomic E-state index is 0.0903. The summed E-state index contributed by atoms with van der Waals surface area (Å²) in [5.74, 6) is 0.602. The summed E-state index contributed by atoms with van der Waals surface area (Å²) in [6, 6.07) is 0. The van der Waals surface area contributed by atoms with E-state index in [0.717, 1.165) is 11.8 Å². The van der Waals surface area contributed by atoms with Crippen molar-refractivity contribution in [1.82, 2.24) is 5.32 Å². The number of rotatable bonds is 0. The molecule has 2 atom stereocenters. The van der Waals surface area contributed by atoms with Crippen LogP contribution < -0.4 is 5.32 Å². The number of nitrogens with one attached hydrogen (secondary N) is 1. The Morgan fingerprint density at radius 1 is 1.36 bits per heavy atom. The molecule has 2 aliphatic rings. The molecule has 2 unspecified atom stereocenters. The van der Waals surface area contributed by atoms with Gasteiger partial charge in [0.1, 0.15) is 4.75 Å². The predicted octanol–water partition coefficient (Wildman–Crippen LogP) is 0.994. The first kappa shape index (κ1) is 7.16. The number of hydrogen-bond donors (Lipinski definition) is 1. The summed E-state index contributed by atoms with van der Waals surface area (Å²) in [6.07, 6.45) is 0. The highest BCUT2D eigenvalue weighted by atomic mass is 32.2. The molecule has 1 aliphatic carbocycles. The second-order valence-electron chi connectivity index (χ2n) is 3.21. The van der Waals surface area contributed by atoms with Crippen LogP contribution >= 0.6 is 11.8 Å². The molecule has 4 heteroatoms. The number of carbonyl (C=O) groups excluding carboxylic acids is 2. The molecule has 2 rings (SSSR count). The SMILES string of the molecule is CC1C(C)C12SC(=O)NC2=O. The van der Waals surface area contributed by atoms with Crippen molar-refractivity contribution in [3.05, 3.63) is 0 Å². The zero-order chi connectivity index (χ0) is 8.22. The van der Waals surface area contributed by atoms with E-state index in [0.29, 0.717) is 11.8 Å². The molecule has 2 fully saturated rings. The lowest BCUT2D eigenvalue weighted by Gasteiger charge is -1.98. The fraction of sp³-hybridized carbons (Fsp3) is 0.714. The van der Waals surface area contributed by atoms with Gasteiger partial charge >= 0.3 is 0 Å². The van der Waals surface area contributed by atoms with E-state index >= 15 is 0 Å². The summed E-state index contributed by atoms with van der Waals surface area (Å²) in [5.41, 5.74) is 0. The highest BCUT2D eigenvalue weighted by molar-refractivity contribution is 8.16. The Morgan fingerprint density at radius 2 is 1.91 bits per heavy atom. The molecule has 60 valence electrons. The lowest BCUT2D eigenvalue weighted by molar-refractivity contribution is -0.120. The normalized spacial score (nSPS) is 48.2. The van der Waals surface area contributed by atoms with Crippen LogP contribution in [0.5, 0.6) is 0 Å². The van der Waals surface area contributed by atoms with Crippen LogP contribution in [0.1, 0.15) is 13.8 Å². The summed E-state index contributed by atoms with van der Waals surface area (Å²) in [6.45, 7) is 4.02. The summed E-state index contributed by atoms with van der Waals surface area (Å²) in [7, 11) is 0. The van der Waals surface area contributed by atoms with Gasteiger partial charge in [0.25, 0.3) is 5.24 Å². The topological polar surface area (TPSA) is 46.2 Å². The standard InChI is InChI=1S/C7H9NO2S/c1-3-4(2)7(3)5(9)8-6(10)11-7/h3-4H,1-2H3,(H,8,9,10). The number of hydrogen-bond acceptors (Lipinski definition) is 3. The Morgan fingerprint density at radius 3 is 2.09 bits per heavy atom. The maximum atomic E-state index is 11.2. The van der Waals surface area contributed by atoms with Crippen molar-refractivity contribution >= 4 is 22.9 Å². The van der Waals surface area contributed by atoms with Gasteiger partial charge in [-0.1, -0.05) is 13.8 Å². The fourth-order valence-electron chi connectivity index (χ4n) is 1.75. The molecular formula is C7H9NO2S. The fourth-order valence-corrected chi connectivity index (χ4v) is 3.06. The Kier molecular flexibility index (Phi) is 1.17. The average Bonchev–Trinajstić information content (AvgIpc) is 2.36. The largest absolute Gasteiger partial charge is 0.286 e. The van der Waals surface area contributed by atoms with E-state index in [9.17, 15) is 9.59 Å². The van der Waals surface area contributed by atoms with Crippen LogP contribution in [0.15, 0.2) is 0 Å². The maximum Gasteiger partial charge on any atom is 0.286 e. The molecule has 0 aromatic rings. The van der Waals surface area contributed by atoms with Gasteiger partial charge < -0.3 is 0 Å². The second-order valence-corrected chi connectivity index (χ2v) is 4.46. The molecule has 0 aromatic carbocycles. The van der Waals surface area contributed by atoms with Crippen LogP contribution in [0.25, 0.3) is 0 Å². The number of amides is 2. The van der Waals surface area contributed by atoms with Gasteiger partial charge in [0.2, 0.25) is 5.91 Å². The van der Waals surface area contributed by atoms with Crippen molar-refractivity contribution in [2.24, 2.45) is 11.8 Å². The first-order chi connectivity index (χ1) is 5.09. The summed E-state index contributed by atoms with van der Waals surface area (Å²) in [5, 5.41) is 2.13. The lowest BCUT2D eigenvalue weighted by atomic mass is 10.3. The molecule has 2 amide bonds. The Hall–Kier alpha value is -0.510. The highest BCUT2D eigenvalue weighted by Gasteiger charge is 2.69. The Bertz CT molecular complexity index is 243. The molecule has 0 bridgehead atoms. The predicted molar refractivity (Wildman–Crippen MR) is 42.2 cm³/mol. The molecule has 0 aromatic heterocycles. The molecule has 1 saturated heterocycles. The van der Waals surface area contributed by atoms with Crippen molar-refractivity contribution in [1.29, 1.82) is 0 Å². The van der Waals surface area contributed by atoms with E-state index in [4.69, 9.17) is 0 Å². The van der Waals surface area contributed by atoms with Gasteiger partial charge in [-0.3, -0.25) is 14.9 Å². The van der Waals surface area contributed by atoms with E-state index in [-0.39, 0.29) is 11.1 Å². The molecular weight excluding hydrogens is 162 g/mol. The van der Waals surface area contributed by atoms with Crippen LogP contribution in [-0.2, 0) is 4.79 Å². The third-order valence-electron chi connectivity index (χ3n) is 2.83. The van der Waals surface area contributed by atoms with Gasteiger partial charge in [0, 0.05) is 0 Å². The monoisotopic (exact) mass is 171 g/mol.